The van der Waals surface area contributed by atoms with Crippen LogP contribution in [0.1, 0.15) is 22.8 Å². The molecule has 0 bridgehead atoms. The second-order valence-electron chi connectivity index (χ2n) is 7.74. The molecule has 6 nitrogen and oxygen atoms in total. The third kappa shape index (κ3) is 5.21. The Morgan fingerprint density at radius 3 is 2.65 bits per heavy atom. The number of rotatable bonds is 7. The molecule has 31 heavy (non-hydrogen) atoms. The Bertz CT molecular complexity index is 1040. The molecule has 0 aliphatic carbocycles. The maximum atomic E-state index is 13.1. The van der Waals surface area contributed by atoms with Gasteiger partial charge in [-0.2, -0.15) is 0 Å². The van der Waals surface area contributed by atoms with Crippen molar-refractivity contribution in [2.75, 3.05) is 46.0 Å². The molecule has 0 spiro atoms. The number of hydrogen-bond donors (Lipinski definition) is 1. The third-order valence-electron chi connectivity index (χ3n) is 5.49. The van der Waals surface area contributed by atoms with Gasteiger partial charge in [-0.25, -0.2) is 4.98 Å². The van der Waals surface area contributed by atoms with E-state index in [-0.39, 0.29) is 5.91 Å². The summed E-state index contributed by atoms with van der Waals surface area (Å²) in [6.07, 6.45) is 0. The zero-order chi connectivity index (χ0) is 21.6. The molecule has 4 rings (SSSR count). The van der Waals surface area contributed by atoms with Gasteiger partial charge in [0.2, 0.25) is 0 Å². The van der Waals surface area contributed by atoms with Crippen LogP contribution in [0.15, 0.2) is 48.5 Å². The van der Waals surface area contributed by atoms with Crippen molar-refractivity contribution in [3.8, 4) is 17.0 Å². The standard InChI is InChI=1S/C25H29N3O3/c1-3-31-20-7-5-19(6-8-20)24-17-22(21-16-18(2)4-9-23(21)27-24)25(29)26-10-11-28-12-14-30-15-13-28/h4-9,16-17H,3,10-15H2,1-2H3,(H,26,29). The van der Waals surface area contributed by atoms with Crippen LogP contribution < -0.4 is 10.1 Å². The van der Waals surface area contributed by atoms with E-state index < -0.39 is 0 Å². The van der Waals surface area contributed by atoms with E-state index in [0.29, 0.717) is 18.7 Å². The van der Waals surface area contributed by atoms with Crippen LogP contribution in [0.5, 0.6) is 5.75 Å². The first kappa shape index (κ1) is 21.3. The monoisotopic (exact) mass is 419 g/mol. The molecule has 2 heterocycles. The lowest BCUT2D eigenvalue weighted by Gasteiger charge is -2.26. The maximum absolute atomic E-state index is 13.1. The molecule has 2 aromatic carbocycles. The quantitative estimate of drug-likeness (QED) is 0.633. The van der Waals surface area contributed by atoms with Crippen LogP contribution in [-0.4, -0.2) is 61.8 Å². The van der Waals surface area contributed by atoms with Gasteiger partial charge in [0.05, 0.1) is 36.6 Å². The highest BCUT2D eigenvalue weighted by Gasteiger charge is 2.15. The highest BCUT2D eigenvalue weighted by Crippen LogP contribution is 2.27. The van der Waals surface area contributed by atoms with Crippen LogP contribution in [0, 0.1) is 6.92 Å². The first-order valence-electron chi connectivity index (χ1n) is 10.9. The maximum Gasteiger partial charge on any atom is 0.252 e. The van der Waals surface area contributed by atoms with Gasteiger partial charge in [0.25, 0.3) is 5.91 Å². The van der Waals surface area contributed by atoms with Crippen molar-refractivity contribution in [1.82, 2.24) is 15.2 Å². The van der Waals surface area contributed by atoms with Crippen LogP contribution in [0.4, 0.5) is 0 Å². The predicted octanol–water partition coefficient (Wildman–Crippen LogP) is 3.67. The number of fused-ring (bicyclic) bond motifs is 1. The molecule has 1 saturated heterocycles. The number of ether oxygens (including phenoxy) is 2. The summed E-state index contributed by atoms with van der Waals surface area (Å²) in [7, 11) is 0. The molecule has 1 aromatic heterocycles. The fourth-order valence-corrected chi connectivity index (χ4v) is 3.81. The largest absolute Gasteiger partial charge is 0.494 e. The Labute approximate surface area is 183 Å². The van der Waals surface area contributed by atoms with Crippen molar-refractivity contribution in [2.45, 2.75) is 13.8 Å². The highest BCUT2D eigenvalue weighted by molar-refractivity contribution is 6.07. The number of carbonyl (C=O) groups is 1. The first-order valence-corrected chi connectivity index (χ1v) is 10.9. The smallest absolute Gasteiger partial charge is 0.252 e. The van der Waals surface area contributed by atoms with Gasteiger partial charge in [-0.1, -0.05) is 11.6 Å². The summed E-state index contributed by atoms with van der Waals surface area (Å²) in [5.41, 5.74) is 4.30. The van der Waals surface area contributed by atoms with Crippen molar-refractivity contribution in [2.24, 2.45) is 0 Å². The fraction of sp³-hybridized carbons (Fsp3) is 0.360. The van der Waals surface area contributed by atoms with Gasteiger partial charge >= 0.3 is 0 Å². The number of hydrogen-bond acceptors (Lipinski definition) is 5. The number of nitrogens with one attached hydrogen (secondary N) is 1. The van der Waals surface area contributed by atoms with E-state index in [1.165, 1.54) is 0 Å². The van der Waals surface area contributed by atoms with Gasteiger partial charge in [0, 0.05) is 37.1 Å². The van der Waals surface area contributed by atoms with E-state index in [9.17, 15) is 4.79 Å². The van der Waals surface area contributed by atoms with E-state index in [0.717, 1.165) is 66.3 Å². The SMILES string of the molecule is CCOc1ccc(-c2cc(C(=O)NCCN3CCOCC3)c3cc(C)ccc3n2)cc1. The molecule has 1 N–H and O–H groups in total. The molecule has 1 amide bonds. The normalized spacial score (nSPS) is 14.5. The molecule has 1 fully saturated rings. The Morgan fingerprint density at radius 2 is 1.90 bits per heavy atom. The number of amides is 1. The number of benzene rings is 2. The average Bonchev–Trinajstić information content (AvgIpc) is 2.80. The van der Waals surface area contributed by atoms with Gasteiger partial charge in [-0.05, 0) is 56.3 Å². The first-order chi connectivity index (χ1) is 15.1. The summed E-state index contributed by atoms with van der Waals surface area (Å²) in [5.74, 6) is 0.752. The topological polar surface area (TPSA) is 63.7 Å². The van der Waals surface area contributed by atoms with Crippen LogP contribution in [0.2, 0.25) is 0 Å². The summed E-state index contributed by atoms with van der Waals surface area (Å²) in [5, 5.41) is 3.97. The molecule has 1 aliphatic heterocycles. The van der Waals surface area contributed by atoms with Gasteiger partial charge < -0.3 is 14.8 Å². The summed E-state index contributed by atoms with van der Waals surface area (Å²) in [4.78, 5) is 20.3. The highest BCUT2D eigenvalue weighted by atomic mass is 16.5. The second kappa shape index (κ2) is 9.90. The van der Waals surface area contributed by atoms with Crippen LogP contribution >= 0.6 is 0 Å². The van der Waals surface area contributed by atoms with E-state index >= 15 is 0 Å². The molecule has 162 valence electrons. The number of pyridine rings is 1. The minimum absolute atomic E-state index is 0.0709. The molecule has 0 unspecified atom stereocenters. The van der Waals surface area contributed by atoms with Crippen LogP contribution in [0.3, 0.4) is 0 Å². The molecule has 1 aliphatic rings. The molecule has 0 radical (unpaired) electrons. The molecule has 0 saturated carbocycles. The van der Waals surface area contributed by atoms with Gasteiger partial charge in [-0.15, -0.1) is 0 Å². The average molecular weight is 420 g/mol. The van der Waals surface area contributed by atoms with Gasteiger partial charge in [0.15, 0.2) is 0 Å². The Balaban J connectivity index is 1.59. The second-order valence-corrected chi connectivity index (χ2v) is 7.74. The summed E-state index contributed by atoms with van der Waals surface area (Å²) < 4.78 is 10.9. The number of aromatic nitrogens is 1. The summed E-state index contributed by atoms with van der Waals surface area (Å²) in [6, 6.07) is 15.7. The van der Waals surface area contributed by atoms with Crippen molar-refractivity contribution in [1.29, 1.82) is 0 Å². The Morgan fingerprint density at radius 1 is 1.13 bits per heavy atom. The lowest BCUT2D eigenvalue weighted by molar-refractivity contribution is 0.0383. The molecule has 6 heteroatoms. The van der Waals surface area contributed by atoms with Gasteiger partial charge in [-0.3, -0.25) is 9.69 Å². The predicted molar refractivity (Wildman–Crippen MR) is 123 cm³/mol. The zero-order valence-corrected chi connectivity index (χ0v) is 18.2. The van der Waals surface area contributed by atoms with Crippen LogP contribution in [-0.2, 0) is 4.74 Å². The molecule has 0 atom stereocenters. The van der Waals surface area contributed by atoms with Gasteiger partial charge in [0.1, 0.15) is 5.75 Å². The van der Waals surface area contributed by atoms with E-state index in [1.54, 1.807) is 0 Å². The van der Waals surface area contributed by atoms with E-state index in [4.69, 9.17) is 14.5 Å². The van der Waals surface area contributed by atoms with E-state index in [1.807, 2.05) is 62.4 Å². The van der Waals surface area contributed by atoms with Crippen molar-refractivity contribution in [3.05, 3.63) is 59.7 Å². The molecular weight excluding hydrogens is 390 g/mol. The lowest BCUT2D eigenvalue weighted by Crippen LogP contribution is -2.41. The van der Waals surface area contributed by atoms with E-state index in [2.05, 4.69) is 10.2 Å². The number of aryl methyl sites for hydroxylation is 1. The van der Waals surface area contributed by atoms with Crippen molar-refractivity contribution in [3.63, 3.8) is 0 Å². The summed E-state index contributed by atoms with van der Waals surface area (Å²) >= 11 is 0. The number of nitrogens with zero attached hydrogens (tertiary/aromatic N) is 2. The third-order valence-corrected chi connectivity index (χ3v) is 5.49. The number of carbonyl (C=O) groups excluding carboxylic acids is 1. The molecular formula is C25H29N3O3. The zero-order valence-electron chi connectivity index (χ0n) is 18.2. The van der Waals surface area contributed by atoms with Crippen LogP contribution in [0.25, 0.3) is 22.2 Å². The lowest BCUT2D eigenvalue weighted by atomic mass is 10.0. The Hall–Kier alpha value is -2.96. The molecule has 3 aromatic rings. The minimum atomic E-state index is -0.0709. The van der Waals surface area contributed by atoms with Crippen molar-refractivity contribution >= 4 is 16.8 Å². The summed E-state index contributed by atoms with van der Waals surface area (Å²) in [6.45, 7) is 9.38. The fourth-order valence-electron chi connectivity index (χ4n) is 3.81. The Kier molecular flexibility index (Phi) is 6.79. The number of morpholine rings is 1. The minimum Gasteiger partial charge on any atom is -0.494 e. The van der Waals surface area contributed by atoms with Crippen molar-refractivity contribution < 1.29 is 14.3 Å².